The molecule has 1 atom stereocenters. The molecule has 0 spiro atoms. The van der Waals surface area contributed by atoms with Crippen molar-refractivity contribution in [3.63, 3.8) is 0 Å². The topological polar surface area (TPSA) is 112 Å². The van der Waals surface area contributed by atoms with E-state index in [2.05, 4.69) is 15.3 Å². The minimum atomic E-state index is -1.11. The molecule has 1 aliphatic rings. The highest BCUT2D eigenvalue weighted by molar-refractivity contribution is 6.04. The molecule has 9 nitrogen and oxygen atoms in total. The zero-order valence-corrected chi connectivity index (χ0v) is 16.4. The quantitative estimate of drug-likeness (QED) is 0.813. The second kappa shape index (κ2) is 7.79. The van der Waals surface area contributed by atoms with Crippen molar-refractivity contribution in [2.45, 2.75) is 45.8 Å². The average molecular weight is 384 g/mol. The lowest BCUT2D eigenvalue weighted by atomic mass is 10.0. The molecular weight excluding hydrogens is 360 g/mol. The predicted molar refractivity (Wildman–Crippen MR) is 105 cm³/mol. The first-order valence-electron chi connectivity index (χ1n) is 9.18. The van der Waals surface area contributed by atoms with Gasteiger partial charge in [0.15, 0.2) is 11.6 Å². The van der Waals surface area contributed by atoms with Gasteiger partial charge in [-0.1, -0.05) is 6.92 Å². The summed E-state index contributed by atoms with van der Waals surface area (Å²) in [5.41, 5.74) is 2.03. The number of nitrogens with zero attached hydrogens (tertiary/aromatic N) is 5. The number of aromatic nitrogens is 3. The Morgan fingerprint density at radius 2 is 2.11 bits per heavy atom. The molecule has 1 aliphatic heterocycles. The minimum absolute atomic E-state index is 0.0234. The molecule has 9 heteroatoms. The summed E-state index contributed by atoms with van der Waals surface area (Å²) in [5.74, 6) is 1.19. The molecule has 0 fully saturated rings. The van der Waals surface area contributed by atoms with E-state index in [1.54, 1.807) is 36.6 Å². The van der Waals surface area contributed by atoms with E-state index in [0.717, 1.165) is 0 Å². The van der Waals surface area contributed by atoms with Crippen LogP contribution in [0.3, 0.4) is 0 Å². The molecule has 3 rings (SSSR count). The molecule has 0 radical (unpaired) electrons. The monoisotopic (exact) mass is 384 g/mol. The summed E-state index contributed by atoms with van der Waals surface area (Å²) in [6.07, 6.45) is 4.42. The highest BCUT2D eigenvalue weighted by Crippen LogP contribution is 2.37. The van der Waals surface area contributed by atoms with Crippen molar-refractivity contribution >= 4 is 23.5 Å². The number of carbonyl (C=O) groups excluding carboxylic acids is 1. The highest BCUT2D eigenvalue weighted by atomic mass is 16.4. The molecule has 2 aromatic rings. The number of fused-ring (bicyclic) bond motifs is 1. The number of carbonyl (C=O) groups is 2. The van der Waals surface area contributed by atoms with Crippen molar-refractivity contribution in [3.05, 3.63) is 30.2 Å². The molecule has 0 saturated carbocycles. The van der Waals surface area contributed by atoms with E-state index in [1.165, 1.54) is 0 Å². The van der Waals surface area contributed by atoms with Gasteiger partial charge in [0.25, 0.3) is 0 Å². The molecule has 2 aromatic heterocycles. The molecule has 2 N–H and O–H groups in total. The third-order valence-corrected chi connectivity index (χ3v) is 4.82. The van der Waals surface area contributed by atoms with Gasteiger partial charge in [0.2, 0.25) is 5.91 Å². The van der Waals surface area contributed by atoms with Crippen molar-refractivity contribution in [2.24, 2.45) is 0 Å². The third kappa shape index (κ3) is 3.47. The molecule has 0 saturated heterocycles. The molecule has 0 aliphatic carbocycles. The highest BCUT2D eigenvalue weighted by Gasteiger charge is 2.38. The molecule has 148 valence electrons. The van der Waals surface area contributed by atoms with Crippen LogP contribution in [0.4, 0.5) is 16.3 Å². The summed E-state index contributed by atoms with van der Waals surface area (Å²) in [6.45, 7) is 6.14. The van der Waals surface area contributed by atoms with Crippen molar-refractivity contribution in [1.82, 2.24) is 20.3 Å². The Labute approximate surface area is 163 Å². The molecule has 28 heavy (non-hydrogen) atoms. The Morgan fingerprint density at radius 1 is 1.36 bits per heavy atom. The molecule has 2 amide bonds. The largest absolute Gasteiger partial charge is 0.465 e. The predicted octanol–water partition coefficient (Wildman–Crippen LogP) is 2.28. The number of carboxylic acid groups (broad SMARTS) is 1. The molecule has 0 aromatic carbocycles. The number of nitrogens with one attached hydrogen (secondary N) is 1. The zero-order valence-electron chi connectivity index (χ0n) is 16.4. The maximum Gasteiger partial charge on any atom is 0.404 e. The van der Waals surface area contributed by atoms with Gasteiger partial charge in [0.05, 0.1) is 6.20 Å². The lowest BCUT2D eigenvalue weighted by molar-refractivity contribution is -0.120. The van der Waals surface area contributed by atoms with Gasteiger partial charge >= 0.3 is 6.09 Å². The summed E-state index contributed by atoms with van der Waals surface area (Å²) in [4.78, 5) is 40.5. The van der Waals surface area contributed by atoms with Crippen molar-refractivity contribution in [2.75, 3.05) is 16.8 Å². The Kier molecular flexibility index (Phi) is 5.43. The fourth-order valence-corrected chi connectivity index (χ4v) is 3.46. The minimum Gasteiger partial charge on any atom is -0.465 e. The fourth-order valence-electron chi connectivity index (χ4n) is 3.46. The standard InChI is InChI=1S/C19H24N6O3/c1-5-14-18(26)24(4)15-10-21-16(23-17(15)25(14)11(2)3)13-6-7-20-8-12(13)9-22-19(27)28/h6-8,10-11,14,22H,5,9H2,1-4H3,(H,27,28). The maximum atomic E-state index is 12.7. The lowest BCUT2D eigenvalue weighted by Gasteiger charge is -2.42. The van der Waals surface area contributed by atoms with Crippen LogP contribution in [0.1, 0.15) is 32.8 Å². The second-order valence-electron chi connectivity index (χ2n) is 6.92. The Bertz CT molecular complexity index is 901. The number of anilines is 2. The molecule has 3 heterocycles. The number of hydrogen-bond acceptors (Lipinski definition) is 6. The van der Waals surface area contributed by atoms with E-state index in [4.69, 9.17) is 10.1 Å². The summed E-state index contributed by atoms with van der Waals surface area (Å²) in [6, 6.07) is 1.55. The van der Waals surface area contributed by atoms with E-state index < -0.39 is 6.09 Å². The molecule has 0 bridgehead atoms. The molecule has 1 unspecified atom stereocenters. The van der Waals surface area contributed by atoms with Gasteiger partial charge in [-0.05, 0) is 26.3 Å². The summed E-state index contributed by atoms with van der Waals surface area (Å²) in [7, 11) is 1.74. The van der Waals surface area contributed by atoms with Crippen molar-refractivity contribution < 1.29 is 14.7 Å². The first-order chi connectivity index (χ1) is 13.3. The van der Waals surface area contributed by atoms with Crippen LogP contribution in [-0.2, 0) is 11.3 Å². The van der Waals surface area contributed by atoms with E-state index >= 15 is 0 Å². The third-order valence-electron chi connectivity index (χ3n) is 4.82. The Balaban J connectivity index is 2.10. The van der Waals surface area contributed by atoms with Gasteiger partial charge in [-0.25, -0.2) is 14.8 Å². The number of amides is 2. The summed E-state index contributed by atoms with van der Waals surface area (Å²) < 4.78 is 0. The Hall–Kier alpha value is -3.23. The van der Waals surface area contributed by atoms with Crippen LogP contribution in [-0.4, -0.2) is 51.2 Å². The van der Waals surface area contributed by atoms with Crippen LogP contribution >= 0.6 is 0 Å². The summed E-state index contributed by atoms with van der Waals surface area (Å²) >= 11 is 0. The molecular formula is C19H24N6O3. The van der Waals surface area contributed by atoms with Gasteiger partial charge in [-0.2, -0.15) is 0 Å². The van der Waals surface area contributed by atoms with E-state index in [9.17, 15) is 9.59 Å². The van der Waals surface area contributed by atoms with Gasteiger partial charge in [0, 0.05) is 43.2 Å². The number of rotatable bonds is 5. The smallest absolute Gasteiger partial charge is 0.404 e. The van der Waals surface area contributed by atoms with E-state index in [-0.39, 0.29) is 24.5 Å². The van der Waals surface area contributed by atoms with E-state index in [1.807, 2.05) is 25.7 Å². The first kappa shape index (κ1) is 19.5. The second-order valence-corrected chi connectivity index (χ2v) is 6.92. The normalized spacial score (nSPS) is 16.3. The zero-order chi connectivity index (χ0) is 20.4. The lowest BCUT2D eigenvalue weighted by Crippen LogP contribution is -2.54. The van der Waals surface area contributed by atoms with Crippen LogP contribution in [0, 0.1) is 0 Å². The van der Waals surface area contributed by atoms with Crippen molar-refractivity contribution in [3.8, 4) is 11.4 Å². The van der Waals surface area contributed by atoms with Gasteiger partial charge in [-0.3, -0.25) is 9.78 Å². The number of pyridine rings is 1. The summed E-state index contributed by atoms with van der Waals surface area (Å²) in [5, 5.41) is 11.2. The van der Waals surface area contributed by atoms with Gasteiger partial charge in [0.1, 0.15) is 11.7 Å². The van der Waals surface area contributed by atoms with Crippen LogP contribution in [0.2, 0.25) is 0 Å². The van der Waals surface area contributed by atoms with Crippen LogP contribution < -0.4 is 15.1 Å². The van der Waals surface area contributed by atoms with Gasteiger partial charge < -0.3 is 20.2 Å². The fraction of sp³-hybridized carbons (Fsp3) is 0.421. The first-order valence-corrected chi connectivity index (χ1v) is 9.18. The van der Waals surface area contributed by atoms with Crippen LogP contribution in [0.5, 0.6) is 0 Å². The van der Waals surface area contributed by atoms with E-state index in [0.29, 0.717) is 34.9 Å². The average Bonchev–Trinajstić information content (AvgIpc) is 2.68. The maximum absolute atomic E-state index is 12.7. The Morgan fingerprint density at radius 3 is 2.75 bits per heavy atom. The van der Waals surface area contributed by atoms with Crippen LogP contribution in [0.15, 0.2) is 24.7 Å². The number of hydrogen-bond donors (Lipinski definition) is 2. The van der Waals surface area contributed by atoms with Gasteiger partial charge in [-0.15, -0.1) is 0 Å². The number of likely N-dealkylation sites (N-methyl/N-ethyl adjacent to an activating group) is 1. The van der Waals surface area contributed by atoms with Crippen LogP contribution in [0.25, 0.3) is 11.4 Å². The SMILES string of the molecule is CCC1C(=O)N(C)c2cnc(-c3ccncc3CNC(=O)O)nc2N1C(C)C. The van der Waals surface area contributed by atoms with Crippen molar-refractivity contribution in [1.29, 1.82) is 0 Å².